The first-order valence-corrected chi connectivity index (χ1v) is 5.79. The number of halogens is 1. The predicted molar refractivity (Wildman–Crippen MR) is 71.9 cm³/mol. The van der Waals surface area contributed by atoms with Crippen molar-refractivity contribution in [1.29, 1.82) is 0 Å². The number of nitrogens with two attached hydrogens (primary N) is 1. The minimum absolute atomic E-state index is 0.0821. The molecule has 0 atom stereocenters. The fourth-order valence-electron chi connectivity index (χ4n) is 1.20. The Morgan fingerprint density at radius 2 is 2.16 bits per heavy atom. The third-order valence-corrected chi connectivity index (χ3v) is 1.94. The minimum Gasteiger partial charge on any atom is -0.444 e. The molecule has 4 nitrogen and oxygen atoms in total. The van der Waals surface area contributed by atoms with Gasteiger partial charge in [-0.1, -0.05) is 11.8 Å². The van der Waals surface area contributed by atoms with Crippen LogP contribution in [0.4, 0.5) is 14.9 Å². The molecule has 3 N–H and O–H groups in total. The number of nitrogens with one attached hydrogen (secondary N) is 1. The first-order valence-electron chi connectivity index (χ1n) is 5.79. The number of alkyl carbamates (subject to hydrolysis) is 1. The monoisotopic (exact) mass is 264 g/mol. The molecule has 0 spiro atoms. The summed E-state index contributed by atoms with van der Waals surface area (Å²) in [5, 5.41) is 2.46. The number of ether oxygens (including phenoxy) is 1. The number of amides is 1. The average molecular weight is 264 g/mol. The van der Waals surface area contributed by atoms with Crippen LogP contribution >= 0.6 is 0 Å². The number of hydrogen-bond acceptors (Lipinski definition) is 3. The maximum Gasteiger partial charge on any atom is 0.408 e. The molecule has 0 bridgehead atoms. The van der Waals surface area contributed by atoms with Gasteiger partial charge in [-0.2, -0.15) is 0 Å². The van der Waals surface area contributed by atoms with Crippen molar-refractivity contribution >= 4 is 11.8 Å². The zero-order valence-corrected chi connectivity index (χ0v) is 11.2. The van der Waals surface area contributed by atoms with Gasteiger partial charge >= 0.3 is 6.09 Å². The lowest BCUT2D eigenvalue weighted by Crippen LogP contribution is -2.32. The summed E-state index contributed by atoms with van der Waals surface area (Å²) in [5.41, 5.74) is 5.44. The Morgan fingerprint density at radius 3 is 2.74 bits per heavy atom. The highest BCUT2D eigenvalue weighted by molar-refractivity contribution is 5.68. The van der Waals surface area contributed by atoms with Crippen LogP contribution in [0, 0.1) is 17.7 Å². The zero-order valence-electron chi connectivity index (χ0n) is 11.2. The van der Waals surface area contributed by atoms with Crippen LogP contribution in [0.25, 0.3) is 0 Å². The van der Waals surface area contributed by atoms with E-state index in [1.807, 2.05) is 0 Å². The lowest BCUT2D eigenvalue weighted by molar-refractivity contribution is 0.0535. The lowest BCUT2D eigenvalue weighted by atomic mass is 10.2. The van der Waals surface area contributed by atoms with Crippen LogP contribution in [0.1, 0.15) is 26.3 Å². The summed E-state index contributed by atoms with van der Waals surface area (Å²) in [6, 6.07) is 4.25. The molecule has 0 saturated carbocycles. The van der Waals surface area contributed by atoms with Crippen molar-refractivity contribution in [1.82, 2.24) is 5.32 Å². The molecule has 0 aliphatic rings. The van der Waals surface area contributed by atoms with Crippen molar-refractivity contribution in [2.45, 2.75) is 26.4 Å². The topological polar surface area (TPSA) is 64.3 Å². The molecule has 1 aromatic carbocycles. The smallest absolute Gasteiger partial charge is 0.408 e. The molecule has 0 fully saturated rings. The predicted octanol–water partition coefficient (Wildman–Crippen LogP) is 2.28. The summed E-state index contributed by atoms with van der Waals surface area (Å²) in [4.78, 5) is 11.3. The Balaban J connectivity index is 2.50. The zero-order chi connectivity index (χ0) is 14.5. The van der Waals surface area contributed by atoms with E-state index in [0.29, 0.717) is 5.69 Å². The normalized spacial score (nSPS) is 10.3. The van der Waals surface area contributed by atoms with E-state index in [0.717, 1.165) is 0 Å². The molecule has 0 radical (unpaired) electrons. The number of rotatable bonds is 1. The maximum atomic E-state index is 13.4. The van der Waals surface area contributed by atoms with Gasteiger partial charge in [0.1, 0.15) is 11.4 Å². The Hall–Kier alpha value is -2.22. The van der Waals surface area contributed by atoms with E-state index in [1.54, 1.807) is 26.8 Å². The molecule has 19 heavy (non-hydrogen) atoms. The van der Waals surface area contributed by atoms with Crippen LogP contribution in [0.2, 0.25) is 0 Å². The molecule has 0 unspecified atom stereocenters. The van der Waals surface area contributed by atoms with Crippen molar-refractivity contribution in [3.05, 3.63) is 29.6 Å². The molecule has 1 aromatic rings. The quantitative estimate of drug-likeness (QED) is 0.604. The highest BCUT2D eigenvalue weighted by atomic mass is 19.1. The molecule has 1 rings (SSSR count). The number of hydrogen-bond donors (Lipinski definition) is 2. The van der Waals surface area contributed by atoms with Crippen LogP contribution in [-0.2, 0) is 4.74 Å². The van der Waals surface area contributed by atoms with Crippen molar-refractivity contribution < 1.29 is 13.9 Å². The highest BCUT2D eigenvalue weighted by Crippen LogP contribution is 2.10. The van der Waals surface area contributed by atoms with Crippen LogP contribution in [0.15, 0.2) is 18.2 Å². The minimum atomic E-state index is -0.556. The van der Waals surface area contributed by atoms with Gasteiger partial charge in [-0.3, -0.25) is 0 Å². The van der Waals surface area contributed by atoms with Gasteiger partial charge in [-0.05, 0) is 39.0 Å². The van der Waals surface area contributed by atoms with E-state index < -0.39 is 17.5 Å². The average Bonchev–Trinajstić information content (AvgIpc) is 2.24. The number of carbonyl (C=O) groups excluding carboxylic acids is 1. The first-order chi connectivity index (χ1) is 8.78. The van der Waals surface area contributed by atoms with Crippen molar-refractivity contribution in [2.75, 3.05) is 12.3 Å². The molecule has 1 amide bonds. The number of nitrogen functional groups attached to an aromatic ring is 1. The largest absolute Gasteiger partial charge is 0.444 e. The molecule has 102 valence electrons. The van der Waals surface area contributed by atoms with E-state index in [4.69, 9.17) is 10.5 Å². The number of benzene rings is 1. The molecule has 0 aliphatic heterocycles. The number of anilines is 1. The second-order valence-electron chi connectivity index (χ2n) is 4.90. The van der Waals surface area contributed by atoms with Crippen molar-refractivity contribution in [3.8, 4) is 11.8 Å². The van der Waals surface area contributed by atoms with Crippen LogP contribution in [0.5, 0.6) is 0 Å². The maximum absolute atomic E-state index is 13.4. The molecule has 0 saturated heterocycles. The van der Waals surface area contributed by atoms with Gasteiger partial charge in [-0.25, -0.2) is 9.18 Å². The highest BCUT2D eigenvalue weighted by Gasteiger charge is 2.14. The van der Waals surface area contributed by atoms with E-state index in [9.17, 15) is 9.18 Å². The Morgan fingerprint density at radius 1 is 1.47 bits per heavy atom. The fourth-order valence-corrected chi connectivity index (χ4v) is 1.20. The van der Waals surface area contributed by atoms with Gasteiger partial charge in [-0.15, -0.1) is 0 Å². The Labute approximate surface area is 112 Å². The van der Waals surface area contributed by atoms with E-state index in [1.165, 1.54) is 12.1 Å². The third-order valence-electron chi connectivity index (χ3n) is 1.94. The van der Waals surface area contributed by atoms with E-state index in [-0.39, 0.29) is 12.1 Å². The summed E-state index contributed by atoms with van der Waals surface area (Å²) in [5.74, 6) is 4.76. The summed E-state index contributed by atoms with van der Waals surface area (Å²) < 4.78 is 18.4. The van der Waals surface area contributed by atoms with Gasteiger partial charge in [0.05, 0.1) is 12.1 Å². The first kappa shape index (κ1) is 14.8. The van der Waals surface area contributed by atoms with Gasteiger partial charge in [0, 0.05) is 5.69 Å². The van der Waals surface area contributed by atoms with Crippen LogP contribution in [0.3, 0.4) is 0 Å². The molecular formula is C14H17FN2O2. The Bertz CT molecular complexity index is 524. The third kappa shape index (κ3) is 5.77. The fraction of sp³-hybridized carbons (Fsp3) is 0.357. The van der Waals surface area contributed by atoms with Crippen molar-refractivity contribution in [3.63, 3.8) is 0 Å². The van der Waals surface area contributed by atoms with Gasteiger partial charge in [0.15, 0.2) is 0 Å². The molecule has 0 heterocycles. The SMILES string of the molecule is CC(C)(C)OC(=O)NCC#Cc1ccc(N)cc1F. The summed E-state index contributed by atoms with van der Waals surface area (Å²) in [6.07, 6.45) is -0.556. The van der Waals surface area contributed by atoms with E-state index >= 15 is 0 Å². The lowest BCUT2D eigenvalue weighted by Gasteiger charge is -2.18. The molecule has 0 aromatic heterocycles. The van der Waals surface area contributed by atoms with E-state index in [2.05, 4.69) is 17.2 Å². The summed E-state index contributed by atoms with van der Waals surface area (Å²) in [7, 11) is 0. The second-order valence-corrected chi connectivity index (χ2v) is 4.90. The van der Waals surface area contributed by atoms with Gasteiger partial charge in [0.2, 0.25) is 0 Å². The van der Waals surface area contributed by atoms with Crippen LogP contribution < -0.4 is 11.1 Å². The summed E-state index contributed by atoms with van der Waals surface area (Å²) in [6.45, 7) is 5.38. The van der Waals surface area contributed by atoms with Crippen molar-refractivity contribution in [2.24, 2.45) is 0 Å². The second kappa shape index (κ2) is 6.10. The Kier molecular flexibility index (Phi) is 4.76. The summed E-state index contributed by atoms with van der Waals surface area (Å²) >= 11 is 0. The standard InChI is InChI=1S/C14H17FN2O2/c1-14(2,3)19-13(18)17-8-4-5-10-6-7-11(16)9-12(10)15/h6-7,9H,8,16H2,1-3H3,(H,17,18). The molecule has 5 heteroatoms. The number of carbonyl (C=O) groups is 1. The molecular weight excluding hydrogens is 247 g/mol. The molecule has 0 aliphatic carbocycles. The van der Waals surface area contributed by atoms with Crippen LogP contribution in [-0.4, -0.2) is 18.2 Å². The van der Waals surface area contributed by atoms with Gasteiger partial charge in [0.25, 0.3) is 0 Å². The van der Waals surface area contributed by atoms with Gasteiger partial charge < -0.3 is 15.8 Å².